The summed E-state index contributed by atoms with van der Waals surface area (Å²) in [6.45, 7) is 5.08. The predicted octanol–water partition coefficient (Wildman–Crippen LogP) is 0.162. The number of nitrogens with zero attached hydrogens (tertiary/aromatic N) is 2. The topological polar surface area (TPSA) is 76.8 Å². The van der Waals surface area contributed by atoms with Crippen LogP contribution in [0.25, 0.3) is 0 Å². The number of aliphatic imine (C=N–C) groups is 2. The Morgan fingerprint density at radius 3 is 1.45 bits per heavy atom. The van der Waals surface area contributed by atoms with E-state index in [9.17, 15) is 0 Å². The first-order valence-corrected chi connectivity index (χ1v) is 3.32. The fourth-order valence-electron chi connectivity index (χ4n) is 0.503. The Hall–Kier alpha value is -0.770. The average Bonchev–Trinajstić information content (AvgIpc) is 1.89. The van der Waals surface area contributed by atoms with E-state index in [1.165, 1.54) is 0 Å². The lowest BCUT2D eigenvalue weighted by atomic mass is 10.5. The van der Waals surface area contributed by atoms with Crippen molar-refractivity contribution in [2.45, 2.75) is 13.8 Å². The van der Waals surface area contributed by atoms with Crippen LogP contribution in [0.2, 0.25) is 0 Å². The normalized spacial score (nSPS) is 12.5. The van der Waals surface area contributed by atoms with E-state index in [0.29, 0.717) is 24.8 Å². The highest BCUT2D eigenvalue weighted by Gasteiger charge is 1.94. The molecule has 0 aromatic rings. The minimum Gasteiger partial charge on any atom is -0.381 e. The molecule has 0 radical (unpaired) electrons. The molecular formula is C6H15ClN4. The Bertz CT molecular complexity index is 135. The molecule has 0 unspecified atom stereocenters. The lowest BCUT2D eigenvalue weighted by molar-refractivity contribution is 1.11. The van der Waals surface area contributed by atoms with Gasteiger partial charge in [0.05, 0.1) is 0 Å². The first-order valence-electron chi connectivity index (χ1n) is 3.32. The van der Waals surface area contributed by atoms with Gasteiger partial charge in [-0.3, -0.25) is 9.98 Å². The van der Waals surface area contributed by atoms with Crippen LogP contribution in [0.5, 0.6) is 0 Å². The summed E-state index contributed by atoms with van der Waals surface area (Å²) in [4.78, 5) is 7.76. The van der Waals surface area contributed by atoms with Gasteiger partial charge in [-0.15, -0.1) is 12.4 Å². The van der Waals surface area contributed by atoms with Gasteiger partial charge in [-0.25, -0.2) is 0 Å². The number of halogens is 1. The van der Waals surface area contributed by atoms with Crippen molar-refractivity contribution in [3.8, 4) is 0 Å². The van der Waals surface area contributed by atoms with Crippen molar-refractivity contribution in [1.82, 2.24) is 0 Å². The molecule has 0 saturated heterocycles. The Morgan fingerprint density at radius 2 is 1.27 bits per heavy atom. The van der Waals surface area contributed by atoms with Crippen LogP contribution in [-0.2, 0) is 0 Å². The molecule has 4 nitrogen and oxygen atoms in total. The second-order valence-electron chi connectivity index (χ2n) is 1.72. The van der Waals surface area contributed by atoms with Crippen molar-refractivity contribution < 1.29 is 0 Å². The number of rotatable bonds is 2. The van der Waals surface area contributed by atoms with Gasteiger partial charge in [0, 0.05) is 13.1 Å². The van der Waals surface area contributed by atoms with Crippen molar-refractivity contribution in [2.75, 3.05) is 13.1 Å². The molecule has 0 fully saturated rings. The Labute approximate surface area is 73.2 Å². The molecular weight excluding hydrogens is 164 g/mol. The SMILES string of the molecule is CCN=C(N)C(N)=NCC.Cl. The maximum Gasteiger partial charge on any atom is 0.161 e. The second-order valence-corrected chi connectivity index (χ2v) is 1.72. The van der Waals surface area contributed by atoms with Gasteiger partial charge in [-0.2, -0.15) is 0 Å². The summed E-state index contributed by atoms with van der Waals surface area (Å²) in [5.74, 6) is 0.675. The molecule has 0 spiro atoms. The summed E-state index contributed by atoms with van der Waals surface area (Å²) in [5.41, 5.74) is 10.8. The van der Waals surface area contributed by atoms with Crippen LogP contribution in [0.3, 0.4) is 0 Å². The van der Waals surface area contributed by atoms with Gasteiger partial charge in [0.2, 0.25) is 0 Å². The first-order chi connectivity index (χ1) is 4.72. The molecule has 0 saturated carbocycles. The lowest BCUT2D eigenvalue weighted by Gasteiger charge is -1.96. The zero-order valence-corrected chi connectivity index (χ0v) is 7.69. The van der Waals surface area contributed by atoms with Gasteiger partial charge in [0.25, 0.3) is 0 Å². The molecule has 0 aliphatic carbocycles. The summed E-state index contributed by atoms with van der Waals surface area (Å²) < 4.78 is 0. The van der Waals surface area contributed by atoms with Gasteiger partial charge < -0.3 is 11.5 Å². The van der Waals surface area contributed by atoms with Crippen molar-refractivity contribution in [1.29, 1.82) is 0 Å². The summed E-state index contributed by atoms with van der Waals surface area (Å²) in [5, 5.41) is 0. The van der Waals surface area contributed by atoms with Gasteiger partial charge in [0.15, 0.2) is 11.7 Å². The van der Waals surface area contributed by atoms with Crippen LogP contribution in [0, 0.1) is 0 Å². The first kappa shape index (κ1) is 12.9. The lowest BCUT2D eigenvalue weighted by Crippen LogP contribution is -2.31. The van der Waals surface area contributed by atoms with Crippen molar-refractivity contribution in [3.05, 3.63) is 0 Å². The molecule has 0 atom stereocenters. The molecule has 0 rings (SSSR count). The third kappa shape index (κ3) is 5.66. The van der Waals surface area contributed by atoms with E-state index in [-0.39, 0.29) is 12.4 Å². The van der Waals surface area contributed by atoms with Crippen molar-refractivity contribution >= 4 is 24.1 Å². The van der Waals surface area contributed by atoms with Gasteiger partial charge >= 0.3 is 0 Å². The van der Waals surface area contributed by atoms with Crippen LogP contribution < -0.4 is 11.5 Å². The van der Waals surface area contributed by atoms with Crippen LogP contribution in [-0.4, -0.2) is 24.8 Å². The van der Waals surface area contributed by atoms with E-state index in [1.807, 2.05) is 13.8 Å². The quantitative estimate of drug-likeness (QED) is 0.467. The molecule has 11 heavy (non-hydrogen) atoms. The zero-order valence-electron chi connectivity index (χ0n) is 6.87. The van der Waals surface area contributed by atoms with Gasteiger partial charge in [0.1, 0.15) is 0 Å². The number of hydrogen-bond donors (Lipinski definition) is 2. The molecule has 0 aliphatic heterocycles. The molecule has 66 valence electrons. The monoisotopic (exact) mass is 178 g/mol. The zero-order chi connectivity index (χ0) is 7.98. The molecule has 0 aromatic heterocycles. The smallest absolute Gasteiger partial charge is 0.161 e. The Kier molecular flexibility index (Phi) is 8.58. The largest absolute Gasteiger partial charge is 0.381 e. The number of hydrogen-bond acceptors (Lipinski definition) is 2. The van der Waals surface area contributed by atoms with Gasteiger partial charge in [-0.05, 0) is 13.8 Å². The third-order valence-corrected chi connectivity index (χ3v) is 0.919. The summed E-state index contributed by atoms with van der Waals surface area (Å²) in [6.07, 6.45) is 0. The van der Waals surface area contributed by atoms with Crippen LogP contribution in [0.4, 0.5) is 0 Å². The highest BCUT2D eigenvalue weighted by atomic mass is 35.5. The van der Waals surface area contributed by atoms with E-state index in [2.05, 4.69) is 9.98 Å². The average molecular weight is 179 g/mol. The fraction of sp³-hybridized carbons (Fsp3) is 0.667. The van der Waals surface area contributed by atoms with Crippen molar-refractivity contribution in [3.63, 3.8) is 0 Å². The second kappa shape index (κ2) is 7.34. The van der Waals surface area contributed by atoms with Crippen LogP contribution in [0.15, 0.2) is 9.98 Å². The van der Waals surface area contributed by atoms with E-state index >= 15 is 0 Å². The summed E-state index contributed by atoms with van der Waals surface area (Å²) >= 11 is 0. The van der Waals surface area contributed by atoms with Crippen molar-refractivity contribution in [2.24, 2.45) is 21.5 Å². The number of nitrogens with two attached hydrogens (primary N) is 2. The molecule has 0 heterocycles. The molecule has 0 amide bonds. The standard InChI is InChI=1S/C6H14N4.ClH/c1-3-9-5(7)6(8)10-4-2;/h3-4H2,1-2H3,(H2,7,9)(H2,8,10);1H. The maximum atomic E-state index is 5.41. The van der Waals surface area contributed by atoms with Crippen LogP contribution >= 0.6 is 12.4 Å². The summed E-state index contributed by atoms with van der Waals surface area (Å²) in [6, 6.07) is 0. The minimum atomic E-state index is 0. The third-order valence-electron chi connectivity index (χ3n) is 0.919. The molecule has 0 bridgehead atoms. The fourth-order valence-corrected chi connectivity index (χ4v) is 0.503. The number of amidine groups is 2. The highest BCUT2D eigenvalue weighted by molar-refractivity contribution is 6.39. The molecule has 0 aliphatic rings. The van der Waals surface area contributed by atoms with E-state index in [4.69, 9.17) is 11.5 Å². The van der Waals surface area contributed by atoms with E-state index in [0.717, 1.165) is 0 Å². The minimum absolute atomic E-state index is 0. The molecule has 5 heteroatoms. The molecule has 4 N–H and O–H groups in total. The maximum absolute atomic E-state index is 5.41. The summed E-state index contributed by atoms with van der Waals surface area (Å²) in [7, 11) is 0. The van der Waals surface area contributed by atoms with Crippen LogP contribution in [0.1, 0.15) is 13.8 Å². The molecule has 0 aromatic carbocycles. The Balaban J connectivity index is 0. The Morgan fingerprint density at radius 1 is 1.00 bits per heavy atom. The van der Waals surface area contributed by atoms with E-state index < -0.39 is 0 Å². The van der Waals surface area contributed by atoms with E-state index in [1.54, 1.807) is 0 Å². The van der Waals surface area contributed by atoms with Gasteiger partial charge in [-0.1, -0.05) is 0 Å². The predicted molar refractivity (Wildman–Crippen MR) is 51.6 cm³/mol. The highest BCUT2D eigenvalue weighted by Crippen LogP contribution is 1.73.